The van der Waals surface area contributed by atoms with Gasteiger partial charge in [0, 0.05) is 13.1 Å². The van der Waals surface area contributed by atoms with Gasteiger partial charge < -0.3 is 11.1 Å². The summed E-state index contributed by atoms with van der Waals surface area (Å²) in [6.45, 7) is 7.63. The van der Waals surface area contributed by atoms with E-state index in [-0.39, 0.29) is 4.90 Å². The van der Waals surface area contributed by atoms with Crippen molar-refractivity contribution in [3.8, 4) is 0 Å². The molecule has 0 spiro atoms. The lowest BCUT2D eigenvalue weighted by molar-refractivity contribution is 0.576. The molecule has 0 bridgehead atoms. The van der Waals surface area contributed by atoms with E-state index in [0.717, 1.165) is 18.5 Å². The van der Waals surface area contributed by atoms with Crippen LogP contribution in [0.2, 0.25) is 0 Å². The van der Waals surface area contributed by atoms with Crippen LogP contribution in [0.3, 0.4) is 0 Å². The van der Waals surface area contributed by atoms with Crippen molar-refractivity contribution in [1.82, 2.24) is 10.0 Å². The zero-order chi connectivity index (χ0) is 16.6. The Morgan fingerprint density at radius 3 is 2.45 bits per heavy atom. The van der Waals surface area contributed by atoms with Crippen molar-refractivity contribution in [2.24, 2.45) is 16.6 Å². The molecule has 0 saturated heterocycles. The van der Waals surface area contributed by atoms with Gasteiger partial charge in [0.1, 0.15) is 0 Å². The van der Waals surface area contributed by atoms with Gasteiger partial charge >= 0.3 is 0 Å². The predicted octanol–water partition coefficient (Wildman–Crippen LogP) is 1.44. The summed E-state index contributed by atoms with van der Waals surface area (Å²) in [4.78, 5) is 4.49. The van der Waals surface area contributed by atoms with E-state index in [9.17, 15) is 8.42 Å². The lowest BCUT2D eigenvalue weighted by atomic mass is 10.1. The largest absolute Gasteiger partial charge is 0.370 e. The van der Waals surface area contributed by atoms with E-state index >= 15 is 0 Å². The Bertz CT molecular complexity index is 580. The smallest absolute Gasteiger partial charge is 0.240 e. The third-order valence-corrected chi connectivity index (χ3v) is 4.59. The molecule has 0 aliphatic heterocycles. The first-order valence-electron chi connectivity index (χ1n) is 7.47. The van der Waals surface area contributed by atoms with Crippen LogP contribution in [0.5, 0.6) is 0 Å². The minimum atomic E-state index is -3.40. The van der Waals surface area contributed by atoms with Gasteiger partial charge in [-0.05, 0) is 30.0 Å². The minimum absolute atomic E-state index is 0.255. The van der Waals surface area contributed by atoms with E-state index in [0.29, 0.717) is 25.0 Å². The van der Waals surface area contributed by atoms with Crippen LogP contribution in [-0.4, -0.2) is 27.5 Å². The average Bonchev–Trinajstić information content (AvgIpc) is 2.45. The molecule has 124 valence electrons. The van der Waals surface area contributed by atoms with Gasteiger partial charge in [-0.15, -0.1) is 0 Å². The van der Waals surface area contributed by atoms with Crippen LogP contribution in [0.15, 0.2) is 34.2 Å². The first kappa shape index (κ1) is 18.4. The number of nitrogens with zero attached hydrogens (tertiary/aromatic N) is 1. The van der Waals surface area contributed by atoms with Crippen LogP contribution in [-0.2, 0) is 16.6 Å². The maximum Gasteiger partial charge on any atom is 0.240 e. The topological polar surface area (TPSA) is 96.6 Å². The van der Waals surface area contributed by atoms with Crippen LogP contribution in [0.4, 0.5) is 0 Å². The highest BCUT2D eigenvalue weighted by Crippen LogP contribution is 2.11. The van der Waals surface area contributed by atoms with Gasteiger partial charge in [0.2, 0.25) is 10.0 Å². The summed E-state index contributed by atoms with van der Waals surface area (Å²) in [5.74, 6) is 1.02. The molecule has 4 N–H and O–H groups in total. The zero-order valence-electron chi connectivity index (χ0n) is 13.5. The summed E-state index contributed by atoms with van der Waals surface area (Å²) in [7, 11) is -3.40. The molecule has 0 radical (unpaired) electrons. The maximum atomic E-state index is 11.8. The number of hydrogen-bond acceptors (Lipinski definition) is 3. The fraction of sp³-hybridized carbons (Fsp3) is 0.533. The molecule has 0 amide bonds. The monoisotopic (exact) mass is 326 g/mol. The number of aliphatic imine (C=N–C) groups is 1. The highest BCUT2D eigenvalue weighted by molar-refractivity contribution is 7.89. The second kappa shape index (κ2) is 8.75. The number of nitrogens with two attached hydrogens (primary N) is 1. The van der Waals surface area contributed by atoms with Crippen molar-refractivity contribution in [1.29, 1.82) is 0 Å². The lowest BCUT2D eigenvalue weighted by Gasteiger charge is -2.08. The summed E-state index contributed by atoms with van der Waals surface area (Å²) in [5, 5.41) is 3.06. The van der Waals surface area contributed by atoms with Crippen LogP contribution >= 0.6 is 0 Å². The SMILES string of the molecule is CCNS(=O)(=O)c1ccc(CN=C(N)NCCC(C)C)cc1. The Morgan fingerprint density at radius 2 is 1.91 bits per heavy atom. The van der Waals surface area contributed by atoms with Gasteiger partial charge in [-0.3, -0.25) is 0 Å². The van der Waals surface area contributed by atoms with Gasteiger partial charge in [-0.1, -0.05) is 32.9 Å². The van der Waals surface area contributed by atoms with E-state index in [1.54, 1.807) is 31.2 Å². The Labute approximate surface area is 133 Å². The van der Waals surface area contributed by atoms with Gasteiger partial charge in [0.15, 0.2) is 5.96 Å². The number of guanidine groups is 1. The molecule has 0 atom stereocenters. The van der Waals surface area contributed by atoms with Gasteiger partial charge in [0.25, 0.3) is 0 Å². The highest BCUT2D eigenvalue weighted by Gasteiger charge is 2.11. The summed E-state index contributed by atoms with van der Waals surface area (Å²) < 4.78 is 26.1. The van der Waals surface area contributed by atoms with E-state index in [1.165, 1.54) is 0 Å². The summed E-state index contributed by atoms with van der Waals surface area (Å²) in [5.41, 5.74) is 6.69. The zero-order valence-corrected chi connectivity index (χ0v) is 14.3. The third-order valence-electron chi connectivity index (χ3n) is 3.03. The molecule has 0 fully saturated rings. The number of hydrogen-bond donors (Lipinski definition) is 3. The molecule has 0 heterocycles. The van der Waals surface area contributed by atoms with Crippen LogP contribution in [0, 0.1) is 5.92 Å². The van der Waals surface area contributed by atoms with Crippen molar-refractivity contribution >= 4 is 16.0 Å². The molecular weight excluding hydrogens is 300 g/mol. The maximum absolute atomic E-state index is 11.8. The Morgan fingerprint density at radius 1 is 1.27 bits per heavy atom. The molecule has 0 aliphatic carbocycles. The summed E-state index contributed by atoms with van der Waals surface area (Å²) in [6.07, 6.45) is 1.03. The summed E-state index contributed by atoms with van der Waals surface area (Å²) >= 11 is 0. The van der Waals surface area contributed by atoms with Crippen LogP contribution in [0.1, 0.15) is 32.8 Å². The number of rotatable bonds is 8. The Balaban J connectivity index is 2.57. The quantitative estimate of drug-likeness (QED) is 0.497. The standard InChI is InChI=1S/C15H26N4O2S/c1-4-19-22(20,21)14-7-5-13(6-8-14)11-18-15(16)17-10-9-12(2)3/h5-8,12,19H,4,9-11H2,1-3H3,(H3,16,17,18). The molecule has 22 heavy (non-hydrogen) atoms. The van der Waals surface area contributed by atoms with Crippen LogP contribution < -0.4 is 15.8 Å². The van der Waals surface area contributed by atoms with E-state index < -0.39 is 10.0 Å². The van der Waals surface area contributed by atoms with Crippen molar-refractivity contribution < 1.29 is 8.42 Å². The predicted molar refractivity (Wildman–Crippen MR) is 90.1 cm³/mol. The normalized spacial score (nSPS) is 12.6. The molecule has 0 aliphatic rings. The van der Waals surface area contributed by atoms with Crippen molar-refractivity contribution in [3.63, 3.8) is 0 Å². The van der Waals surface area contributed by atoms with Gasteiger partial charge in [-0.2, -0.15) is 0 Å². The first-order chi connectivity index (χ1) is 10.3. The Hall–Kier alpha value is -1.60. The van der Waals surface area contributed by atoms with Crippen molar-refractivity contribution in [2.45, 2.75) is 38.6 Å². The van der Waals surface area contributed by atoms with Crippen molar-refractivity contribution in [2.75, 3.05) is 13.1 Å². The number of benzene rings is 1. The molecule has 1 rings (SSSR count). The highest BCUT2D eigenvalue weighted by atomic mass is 32.2. The molecular formula is C15H26N4O2S. The number of nitrogens with one attached hydrogen (secondary N) is 2. The molecule has 0 aromatic heterocycles. The molecule has 6 nitrogen and oxygen atoms in total. The van der Waals surface area contributed by atoms with E-state index in [1.807, 2.05) is 0 Å². The fourth-order valence-corrected chi connectivity index (χ4v) is 2.81. The van der Waals surface area contributed by atoms with E-state index in [2.05, 4.69) is 28.9 Å². The van der Waals surface area contributed by atoms with Gasteiger partial charge in [0.05, 0.1) is 11.4 Å². The average molecular weight is 326 g/mol. The second-order valence-corrected chi connectivity index (χ2v) is 7.22. The fourth-order valence-electron chi connectivity index (χ4n) is 1.77. The minimum Gasteiger partial charge on any atom is -0.370 e. The molecule has 1 aromatic carbocycles. The number of sulfonamides is 1. The first-order valence-corrected chi connectivity index (χ1v) is 8.96. The van der Waals surface area contributed by atoms with E-state index in [4.69, 9.17) is 5.73 Å². The van der Waals surface area contributed by atoms with Crippen LogP contribution in [0.25, 0.3) is 0 Å². The molecule has 7 heteroatoms. The summed E-state index contributed by atoms with van der Waals surface area (Å²) in [6, 6.07) is 6.64. The lowest BCUT2D eigenvalue weighted by Crippen LogP contribution is -2.32. The molecule has 0 saturated carbocycles. The molecule has 0 unspecified atom stereocenters. The third kappa shape index (κ3) is 6.44. The van der Waals surface area contributed by atoms with Crippen molar-refractivity contribution in [3.05, 3.63) is 29.8 Å². The second-order valence-electron chi connectivity index (χ2n) is 5.46. The Kier molecular flexibility index (Phi) is 7.34. The molecule has 1 aromatic rings. The van der Waals surface area contributed by atoms with Gasteiger partial charge in [-0.25, -0.2) is 18.1 Å².